The molecule has 1 unspecified atom stereocenters. The fourth-order valence-corrected chi connectivity index (χ4v) is 4.50. The zero-order valence-corrected chi connectivity index (χ0v) is 14.5. The molecule has 0 spiro atoms. The third kappa shape index (κ3) is 3.32. The summed E-state index contributed by atoms with van der Waals surface area (Å²) < 4.78 is 40.1. The molecule has 1 saturated heterocycles. The van der Waals surface area contributed by atoms with E-state index in [-0.39, 0.29) is 23.4 Å². The molecular weight excluding hydrogens is 321 g/mol. The Hall–Kier alpha value is -1.67. The summed E-state index contributed by atoms with van der Waals surface area (Å²) in [5.74, 6) is -0.563. The molecule has 0 radical (unpaired) electrons. The zero-order valence-electron chi connectivity index (χ0n) is 13.7. The third-order valence-corrected chi connectivity index (χ3v) is 5.70. The van der Waals surface area contributed by atoms with Gasteiger partial charge in [-0.3, -0.25) is 0 Å². The van der Waals surface area contributed by atoms with Gasteiger partial charge in [0.15, 0.2) is 0 Å². The summed E-state index contributed by atoms with van der Waals surface area (Å²) in [6.07, 6.45) is -0.556. The number of amides is 2. The number of carbonyl (C=O) groups is 1. The van der Waals surface area contributed by atoms with Crippen LogP contribution >= 0.6 is 0 Å². The second kappa shape index (κ2) is 6.45. The van der Waals surface area contributed by atoms with E-state index < -0.39 is 22.0 Å². The van der Waals surface area contributed by atoms with Crippen LogP contribution in [-0.2, 0) is 10.0 Å². The van der Waals surface area contributed by atoms with Crippen LogP contribution in [0.3, 0.4) is 0 Å². The van der Waals surface area contributed by atoms with Gasteiger partial charge < -0.3 is 9.80 Å². The minimum Gasteiger partial charge on any atom is -0.331 e. The Labute approximate surface area is 136 Å². The number of rotatable bonds is 3. The van der Waals surface area contributed by atoms with E-state index in [1.54, 1.807) is 19.0 Å². The highest BCUT2D eigenvalue weighted by atomic mass is 32.2. The molecule has 6 nitrogen and oxygen atoms in total. The van der Waals surface area contributed by atoms with Gasteiger partial charge in [-0.1, -0.05) is 13.8 Å². The van der Waals surface area contributed by atoms with Gasteiger partial charge in [-0.25, -0.2) is 17.6 Å². The first-order chi connectivity index (χ1) is 10.7. The molecular formula is C15H22FN3O3S. The molecule has 1 fully saturated rings. The van der Waals surface area contributed by atoms with Gasteiger partial charge in [-0.2, -0.15) is 4.31 Å². The van der Waals surface area contributed by atoms with Gasteiger partial charge in [-0.15, -0.1) is 0 Å². The van der Waals surface area contributed by atoms with E-state index >= 15 is 0 Å². The Morgan fingerprint density at radius 1 is 1.22 bits per heavy atom. The topological polar surface area (TPSA) is 60.9 Å². The van der Waals surface area contributed by atoms with E-state index in [1.807, 2.05) is 13.8 Å². The smallest absolute Gasteiger partial charge is 0.320 e. The van der Waals surface area contributed by atoms with E-state index in [2.05, 4.69) is 0 Å². The molecule has 1 aliphatic rings. The van der Waals surface area contributed by atoms with E-state index in [9.17, 15) is 17.6 Å². The van der Waals surface area contributed by atoms with Gasteiger partial charge in [0, 0.05) is 27.2 Å². The zero-order chi connectivity index (χ0) is 17.4. The van der Waals surface area contributed by atoms with Gasteiger partial charge in [-0.05, 0) is 30.2 Å². The Kier molecular flexibility index (Phi) is 4.95. The molecule has 8 heteroatoms. The molecule has 0 N–H and O–H groups in total. The molecule has 1 aromatic carbocycles. The molecule has 0 aromatic heterocycles. The molecule has 128 valence electrons. The van der Waals surface area contributed by atoms with Crippen LogP contribution in [0.5, 0.6) is 0 Å². The van der Waals surface area contributed by atoms with Crippen LogP contribution in [0.1, 0.15) is 13.8 Å². The molecule has 0 saturated carbocycles. The highest BCUT2D eigenvalue weighted by Gasteiger charge is 2.44. The summed E-state index contributed by atoms with van der Waals surface area (Å²) in [6, 6.07) is 4.52. The molecule has 0 aliphatic carbocycles. The standard InChI is InChI=1S/C15H22FN3O3S/c1-11(2)14-18(15(20)17(3)4)9-10-19(14)23(21,22)13-7-5-12(16)6-8-13/h5-8,11,14H,9-10H2,1-4H3. The predicted molar refractivity (Wildman–Crippen MR) is 84.7 cm³/mol. The highest BCUT2D eigenvalue weighted by Crippen LogP contribution is 2.29. The van der Waals surface area contributed by atoms with Crippen molar-refractivity contribution >= 4 is 16.1 Å². The first-order valence-corrected chi connectivity index (χ1v) is 8.85. The number of carbonyl (C=O) groups excluding carboxylic acids is 1. The average molecular weight is 343 g/mol. The predicted octanol–water partition coefficient (Wildman–Crippen LogP) is 1.80. The summed E-state index contributed by atoms with van der Waals surface area (Å²) in [7, 11) is -0.516. The summed E-state index contributed by atoms with van der Waals surface area (Å²) in [6.45, 7) is 4.31. The van der Waals surface area contributed by atoms with Crippen LogP contribution < -0.4 is 0 Å². The Bertz CT molecular complexity index is 674. The Morgan fingerprint density at radius 3 is 2.26 bits per heavy atom. The number of hydrogen-bond acceptors (Lipinski definition) is 3. The van der Waals surface area contributed by atoms with Crippen molar-refractivity contribution in [2.75, 3.05) is 27.2 Å². The minimum atomic E-state index is -3.79. The van der Waals surface area contributed by atoms with Gasteiger partial charge in [0.05, 0.1) is 4.90 Å². The Morgan fingerprint density at radius 2 is 1.78 bits per heavy atom. The van der Waals surface area contributed by atoms with Gasteiger partial charge in [0.1, 0.15) is 12.0 Å². The lowest BCUT2D eigenvalue weighted by Crippen LogP contribution is -2.50. The molecule has 1 heterocycles. The SMILES string of the molecule is CC(C)C1N(C(=O)N(C)C)CCN1S(=O)(=O)c1ccc(F)cc1. The quantitative estimate of drug-likeness (QED) is 0.841. The van der Waals surface area contributed by atoms with E-state index in [0.29, 0.717) is 6.54 Å². The van der Waals surface area contributed by atoms with Crippen molar-refractivity contribution in [3.8, 4) is 0 Å². The first kappa shape index (κ1) is 17.7. The van der Waals surface area contributed by atoms with Crippen LogP contribution in [0.4, 0.5) is 9.18 Å². The first-order valence-electron chi connectivity index (χ1n) is 7.41. The summed E-state index contributed by atoms with van der Waals surface area (Å²) in [5.41, 5.74) is 0. The van der Waals surface area contributed by atoms with Crippen molar-refractivity contribution in [3.05, 3.63) is 30.1 Å². The highest BCUT2D eigenvalue weighted by molar-refractivity contribution is 7.89. The lowest BCUT2D eigenvalue weighted by Gasteiger charge is -2.33. The second-order valence-corrected chi connectivity index (χ2v) is 7.99. The fourth-order valence-electron chi connectivity index (χ4n) is 2.79. The third-order valence-electron chi connectivity index (χ3n) is 3.82. The number of urea groups is 1. The molecule has 2 amide bonds. The maximum Gasteiger partial charge on any atom is 0.320 e. The van der Waals surface area contributed by atoms with Crippen LogP contribution in [-0.4, -0.2) is 61.9 Å². The van der Waals surface area contributed by atoms with Crippen LogP contribution in [0.15, 0.2) is 29.2 Å². The monoisotopic (exact) mass is 343 g/mol. The minimum absolute atomic E-state index is 0.0312. The molecule has 1 atom stereocenters. The molecule has 23 heavy (non-hydrogen) atoms. The average Bonchev–Trinajstić information content (AvgIpc) is 2.92. The number of sulfonamides is 1. The van der Waals surface area contributed by atoms with Crippen molar-refractivity contribution < 1.29 is 17.6 Å². The Balaban J connectivity index is 2.38. The number of hydrogen-bond donors (Lipinski definition) is 0. The van der Waals surface area contributed by atoms with Crippen molar-refractivity contribution in [1.29, 1.82) is 0 Å². The van der Waals surface area contributed by atoms with Gasteiger partial charge >= 0.3 is 6.03 Å². The van der Waals surface area contributed by atoms with Crippen molar-refractivity contribution in [2.24, 2.45) is 5.92 Å². The summed E-state index contributed by atoms with van der Waals surface area (Å²) in [4.78, 5) is 15.3. The molecule has 0 bridgehead atoms. The molecule has 1 aromatic rings. The van der Waals surface area contributed by atoms with Crippen LogP contribution in [0.2, 0.25) is 0 Å². The summed E-state index contributed by atoms with van der Waals surface area (Å²) >= 11 is 0. The van der Waals surface area contributed by atoms with E-state index in [1.165, 1.54) is 21.3 Å². The largest absolute Gasteiger partial charge is 0.331 e. The van der Waals surface area contributed by atoms with Crippen LogP contribution in [0.25, 0.3) is 0 Å². The maximum atomic E-state index is 13.0. The molecule has 1 aliphatic heterocycles. The summed E-state index contributed by atoms with van der Waals surface area (Å²) in [5, 5.41) is 0. The molecule has 2 rings (SSSR count). The van der Waals surface area contributed by atoms with Crippen molar-refractivity contribution in [3.63, 3.8) is 0 Å². The van der Waals surface area contributed by atoms with E-state index in [4.69, 9.17) is 0 Å². The second-order valence-electron chi connectivity index (χ2n) is 6.10. The van der Waals surface area contributed by atoms with Crippen molar-refractivity contribution in [1.82, 2.24) is 14.1 Å². The van der Waals surface area contributed by atoms with Gasteiger partial charge in [0.25, 0.3) is 0 Å². The lowest BCUT2D eigenvalue weighted by atomic mass is 10.1. The van der Waals surface area contributed by atoms with Crippen LogP contribution in [0, 0.1) is 11.7 Å². The van der Waals surface area contributed by atoms with Gasteiger partial charge in [0.2, 0.25) is 10.0 Å². The lowest BCUT2D eigenvalue weighted by molar-refractivity contribution is 0.129. The van der Waals surface area contributed by atoms with Crippen molar-refractivity contribution in [2.45, 2.75) is 24.9 Å². The fraction of sp³-hybridized carbons (Fsp3) is 0.533. The number of halogens is 1. The number of nitrogens with zero attached hydrogens (tertiary/aromatic N) is 3. The normalized spacial score (nSPS) is 19.4. The maximum absolute atomic E-state index is 13.0. The van der Waals surface area contributed by atoms with E-state index in [0.717, 1.165) is 12.1 Å². The number of benzene rings is 1.